The van der Waals surface area contributed by atoms with E-state index in [0.29, 0.717) is 0 Å². The van der Waals surface area contributed by atoms with E-state index < -0.39 is 0 Å². The summed E-state index contributed by atoms with van der Waals surface area (Å²) < 4.78 is 15.3. The second-order valence-corrected chi connectivity index (χ2v) is 6.97. The third-order valence-electron chi connectivity index (χ3n) is 3.36. The van der Waals surface area contributed by atoms with E-state index in [4.69, 9.17) is 4.98 Å². The molecule has 0 aliphatic rings. The van der Waals surface area contributed by atoms with Gasteiger partial charge in [-0.15, -0.1) is 11.3 Å². The normalized spacial score (nSPS) is 12.2. The molecule has 2 nitrogen and oxygen atoms in total. The molecule has 2 aromatic heterocycles. The van der Waals surface area contributed by atoms with E-state index in [1.54, 1.807) is 17.4 Å². The fourth-order valence-electron chi connectivity index (χ4n) is 2.18. The van der Waals surface area contributed by atoms with Crippen LogP contribution in [0.2, 0.25) is 0 Å². The van der Waals surface area contributed by atoms with Crippen LogP contribution in [0.15, 0.2) is 35.8 Å². The van der Waals surface area contributed by atoms with Gasteiger partial charge in [-0.25, -0.2) is 9.37 Å². The first-order valence-corrected chi connectivity index (χ1v) is 7.51. The molecule has 0 aliphatic heterocycles. The Hall–Kier alpha value is -1.68. The van der Waals surface area contributed by atoms with Crippen molar-refractivity contribution in [2.24, 2.45) is 0 Å². The smallest absolute Gasteiger partial charge is 0.123 e. The molecule has 0 atom stereocenters. The summed E-state index contributed by atoms with van der Waals surface area (Å²) in [5.41, 5.74) is 2.25. The summed E-state index contributed by atoms with van der Waals surface area (Å²) in [4.78, 5) is 4.70. The fourth-order valence-corrected chi connectivity index (χ4v) is 3.20. The van der Waals surface area contributed by atoms with Gasteiger partial charge in [0.1, 0.15) is 10.8 Å². The summed E-state index contributed by atoms with van der Waals surface area (Å²) in [5.74, 6) is -0.195. The van der Waals surface area contributed by atoms with Crippen molar-refractivity contribution in [3.63, 3.8) is 0 Å². The molecule has 0 saturated carbocycles. The van der Waals surface area contributed by atoms with E-state index in [2.05, 4.69) is 30.7 Å². The molecule has 0 saturated heterocycles. The zero-order valence-corrected chi connectivity index (χ0v) is 12.7. The van der Waals surface area contributed by atoms with Crippen LogP contribution in [0, 0.1) is 5.82 Å². The molecular weight excluding hydrogens is 271 g/mol. The number of fused-ring (bicyclic) bond motifs is 1. The summed E-state index contributed by atoms with van der Waals surface area (Å²) in [6, 6.07) is 6.83. The van der Waals surface area contributed by atoms with E-state index in [9.17, 15) is 4.39 Å². The molecule has 3 rings (SSSR count). The molecule has 0 spiro atoms. The average molecular weight is 288 g/mol. The van der Waals surface area contributed by atoms with E-state index in [1.165, 1.54) is 6.07 Å². The fraction of sp³-hybridized carbons (Fsp3) is 0.312. The zero-order chi connectivity index (χ0) is 14.3. The van der Waals surface area contributed by atoms with Crippen molar-refractivity contribution >= 4 is 22.2 Å². The number of hydrogen-bond donors (Lipinski definition) is 0. The molecule has 2 heterocycles. The summed E-state index contributed by atoms with van der Waals surface area (Å²) in [6.07, 6.45) is 1.99. The molecule has 20 heavy (non-hydrogen) atoms. The molecule has 0 aliphatic carbocycles. The third-order valence-corrected chi connectivity index (χ3v) is 4.19. The minimum Gasteiger partial charge on any atom is -0.341 e. The first-order chi connectivity index (χ1) is 9.43. The maximum absolute atomic E-state index is 13.2. The van der Waals surface area contributed by atoms with Crippen LogP contribution < -0.4 is 0 Å². The molecule has 0 fully saturated rings. The Balaban J connectivity index is 1.91. The highest BCUT2D eigenvalue weighted by Crippen LogP contribution is 2.25. The van der Waals surface area contributed by atoms with Crippen LogP contribution in [-0.4, -0.2) is 9.55 Å². The van der Waals surface area contributed by atoms with Crippen molar-refractivity contribution in [2.45, 2.75) is 32.7 Å². The maximum atomic E-state index is 13.2. The van der Waals surface area contributed by atoms with E-state index in [-0.39, 0.29) is 11.2 Å². The molecule has 3 aromatic rings. The topological polar surface area (TPSA) is 17.8 Å². The van der Waals surface area contributed by atoms with Crippen LogP contribution >= 0.6 is 11.3 Å². The van der Waals surface area contributed by atoms with Crippen molar-refractivity contribution in [1.82, 2.24) is 9.55 Å². The lowest BCUT2D eigenvalue weighted by Crippen LogP contribution is -2.11. The van der Waals surface area contributed by atoms with Crippen LogP contribution in [0.4, 0.5) is 4.39 Å². The number of hydrogen-bond acceptors (Lipinski definition) is 2. The lowest BCUT2D eigenvalue weighted by molar-refractivity contribution is 0.570. The first kappa shape index (κ1) is 13.3. The number of benzene rings is 1. The molecule has 104 valence electrons. The van der Waals surface area contributed by atoms with E-state index >= 15 is 0 Å². The Bertz CT molecular complexity index is 749. The van der Waals surface area contributed by atoms with Gasteiger partial charge >= 0.3 is 0 Å². The van der Waals surface area contributed by atoms with E-state index in [0.717, 1.165) is 28.1 Å². The highest BCUT2D eigenvalue weighted by atomic mass is 32.1. The number of halogens is 1. The summed E-state index contributed by atoms with van der Waals surface area (Å²) in [7, 11) is 0. The average Bonchev–Trinajstić information content (AvgIpc) is 2.96. The largest absolute Gasteiger partial charge is 0.341 e. The van der Waals surface area contributed by atoms with Gasteiger partial charge in [-0.2, -0.15) is 0 Å². The zero-order valence-electron chi connectivity index (χ0n) is 11.9. The van der Waals surface area contributed by atoms with Gasteiger partial charge in [0.05, 0.1) is 12.2 Å². The van der Waals surface area contributed by atoms with Crippen LogP contribution in [0.1, 0.15) is 31.5 Å². The Morgan fingerprint density at radius 1 is 1.25 bits per heavy atom. The molecule has 0 amide bonds. The van der Waals surface area contributed by atoms with Gasteiger partial charge in [0.2, 0.25) is 0 Å². The number of rotatable bonds is 2. The lowest BCUT2D eigenvalue weighted by atomic mass is 9.93. The third kappa shape index (κ3) is 2.48. The standard InChI is InChI=1S/C16H17FN2S/c1-16(2,3)14-10-20-15(18-14)9-19-7-6-11-8-12(17)4-5-13(11)19/h4-8,10H,9H2,1-3H3. The SMILES string of the molecule is CC(C)(C)c1csc(Cn2ccc3cc(F)ccc32)n1. The van der Waals surface area contributed by atoms with Crippen LogP contribution in [-0.2, 0) is 12.0 Å². The molecule has 0 unspecified atom stereocenters. The molecule has 0 bridgehead atoms. The summed E-state index contributed by atoms with van der Waals surface area (Å²) in [6.45, 7) is 7.23. The Morgan fingerprint density at radius 3 is 2.75 bits per heavy atom. The van der Waals surface area contributed by atoms with Gasteiger partial charge < -0.3 is 4.57 Å². The molecule has 4 heteroatoms. The predicted molar refractivity (Wildman–Crippen MR) is 81.8 cm³/mol. The Kier molecular flexibility index (Phi) is 3.13. The van der Waals surface area contributed by atoms with Gasteiger partial charge in [0, 0.05) is 27.9 Å². The second kappa shape index (κ2) is 4.70. The van der Waals surface area contributed by atoms with Crippen LogP contribution in [0.25, 0.3) is 10.9 Å². The van der Waals surface area contributed by atoms with Crippen LogP contribution in [0.5, 0.6) is 0 Å². The highest BCUT2D eigenvalue weighted by molar-refractivity contribution is 7.09. The summed E-state index contributed by atoms with van der Waals surface area (Å²) in [5, 5.41) is 4.13. The quantitative estimate of drug-likeness (QED) is 0.674. The van der Waals surface area contributed by atoms with Crippen LogP contribution in [0.3, 0.4) is 0 Å². The van der Waals surface area contributed by atoms with Crippen molar-refractivity contribution in [1.29, 1.82) is 0 Å². The minimum atomic E-state index is -0.195. The maximum Gasteiger partial charge on any atom is 0.123 e. The summed E-state index contributed by atoms with van der Waals surface area (Å²) >= 11 is 1.68. The molecular formula is C16H17FN2S. The number of aromatic nitrogens is 2. The van der Waals surface area contributed by atoms with Gasteiger partial charge in [0.25, 0.3) is 0 Å². The molecule has 1 aromatic carbocycles. The van der Waals surface area contributed by atoms with Crippen molar-refractivity contribution < 1.29 is 4.39 Å². The minimum absolute atomic E-state index is 0.0800. The van der Waals surface area contributed by atoms with Crippen molar-refractivity contribution in [2.75, 3.05) is 0 Å². The van der Waals surface area contributed by atoms with Gasteiger partial charge in [0.15, 0.2) is 0 Å². The predicted octanol–water partition coefficient (Wildman–Crippen LogP) is 4.58. The lowest BCUT2D eigenvalue weighted by Gasteiger charge is -2.14. The van der Waals surface area contributed by atoms with Gasteiger partial charge in [-0.05, 0) is 24.3 Å². The van der Waals surface area contributed by atoms with Crippen molar-refractivity contribution in [3.05, 3.63) is 52.4 Å². The number of nitrogens with zero attached hydrogens (tertiary/aromatic N) is 2. The van der Waals surface area contributed by atoms with Crippen molar-refractivity contribution in [3.8, 4) is 0 Å². The monoisotopic (exact) mass is 288 g/mol. The molecule has 0 N–H and O–H groups in total. The van der Waals surface area contributed by atoms with E-state index in [1.807, 2.05) is 18.3 Å². The highest BCUT2D eigenvalue weighted by Gasteiger charge is 2.17. The first-order valence-electron chi connectivity index (χ1n) is 6.63. The second-order valence-electron chi connectivity index (χ2n) is 6.02. The number of thiazole rings is 1. The van der Waals surface area contributed by atoms with Gasteiger partial charge in [-0.3, -0.25) is 0 Å². The molecule has 0 radical (unpaired) electrons. The Morgan fingerprint density at radius 2 is 2.05 bits per heavy atom. The van der Waals surface area contributed by atoms with Gasteiger partial charge in [-0.1, -0.05) is 20.8 Å². The Labute approximate surface area is 121 Å².